The molecule has 0 aromatic carbocycles. The molecule has 0 aromatic rings. The predicted octanol–water partition coefficient (Wildman–Crippen LogP) is 3.06. The van der Waals surface area contributed by atoms with Gasteiger partial charge in [0.15, 0.2) is 0 Å². The molecule has 102 valence electrons. The normalized spacial score (nSPS) is 23.8. The molecule has 0 spiro atoms. The second-order valence-corrected chi connectivity index (χ2v) is 5.67. The van der Waals surface area contributed by atoms with Crippen molar-refractivity contribution in [2.45, 2.75) is 57.9 Å². The fourth-order valence-electron chi connectivity index (χ4n) is 3.19. The molecule has 2 aliphatic rings. The second kappa shape index (κ2) is 8.34. The summed E-state index contributed by atoms with van der Waals surface area (Å²) in [7, 11) is 0. The first kappa shape index (κ1) is 15.3. The van der Waals surface area contributed by atoms with Gasteiger partial charge >= 0.3 is 0 Å². The molecule has 2 rings (SSSR count). The van der Waals surface area contributed by atoms with Gasteiger partial charge in [0.05, 0.1) is 0 Å². The predicted molar refractivity (Wildman–Crippen MR) is 77.0 cm³/mol. The van der Waals surface area contributed by atoms with Gasteiger partial charge in [0.25, 0.3) is 0 Å². The van der Waals surface area contributed by atoms with E-state index in [1.54, 1.807) is 0 Å². The molecule has 1 aliphatic carbocycles. The first-order valence-corrected chi connectivity index (χ1v) is 7.34. The van der Waals surface area contributed by atoms with Gasteiger partial charge in [-0.1, -0.05) is 19.8 Å². The van der Waals surface area contributed by atoms with Crippen LogP contribution in [0.15, 0.2) is 0 Å². The van der Waals surface area contributed by atoms with Gasteiger partial charge in [0.1, 0.15) is 0 Å². The van der Waals surface area contributed by atoms with Crippen molar-refractivity contribution in [1.82, 2.24) is 10.2 Å². The van der Waals surface area contributed by atoms with E-state index in [-0.39, 0.29) is 12.4 Å². The minimum atomic E-state index is 0. The summed E-state index contributed by atoms with van der Waals surface area (Å²) in [5.41, 5.74) is 0. The van der Waals surface area contributed by atoms with Crippen molar-refractivity contribution in [1.29, 1.82) is 0 Å². The van der Waals surface area contributed by atoms with Gasteiger partial charge in [-0.2, -0.15) is 0 Å². The summed E-state index contributed by atoms with van der Waals surface area (Å²) in [6.07, 6.45) is 9.90. The largest absolute Gasteiger partial charge is 0.314 e. The van der Waals surface area contributed by atoms with E-state index in [1.165, 1.54) is 71.1 Å². The van der Waals surface area contributed by atoms with E-state index in [1.807, 2.05) is 0 Å². The van der Waals surface area contributed by atoms with Gasteiger partial charge in [-0.05, 0) is 64.2 Å². The highest BCUT2D eigenvalue weighted by atomic mass is 35.5. The molecule has 0 unspecified atom stereocenters. The Bertz CT molecular complexity index is 185. The van der Waals surface area contributed by atoms with E-state index < -0.39 is 0 Å². The van der Waals surface area contributed by atoms with Gasteiger partial charge in [-0.15, -0.1) is 12.4 Å². The number of hydrogen-bond acceptors (Lipinski definition) is 2. The van der Waals surface area contributed by atoms with E-state index in [2.05, 4.69) is 17.1 Å². The number of nitrogens with zero attached hydrogens (tertiary/aromatic N) is 1. The zero-order valence-electron chi connectivity index (χ0n) is 11.3. The average Bonchev–Trinajstić information content (AvgIpc) is 2.82. The third-order valence-corrected chi connectivity index (χ3v) is 4.30. The number of piperidine rings is 1. The fourth-order valence-corrected chi connectivity index (χ4v) is 3.19. The van der Waals surface area contributed by atoms with Crippen LogP contribution < -0.4 is 5.32 Å². The van der Waals surface area contributed by atoms with E-state index in [0.29, 0.717) is 0 Å². The summed E-state index contributed by atoms with van der Waals surface area (Å²) >= 11 is 0. The maximum atomic E-state index is 3.78. The maximum Gasteiger partial charge on any atom is 0.00671 e. The number of halogens is 1. The Morgan fingerprint density at radius 2 is 1.71 bits per heavy atom. The van der Waals surface area contributed by atoms with Crippen LogP contribution in [-0.4, -0.2) is 37.1 Å². The minimum Gasteiger partial charge on any atom is -0.314 e. The summed E-state index contributed by atoms with van der Waals surface area (Å²) in [5.74, 6) is 0.953. The summed E-state index contributed by atoms with van der Waals surface area (Å²) in [4.78, 5) is 2.63. The first-order valence-electron chi connectivity index (χ1n) is 7.34. The highest BCUT2D eigenvalue weighted by Crippen LogP contribution is 2.20. The summed E-state index contributed by atoms with van der Waals surface area (Å²) < 4.78 is 0. The molecule has 0 aromatic heterocycles. The van der Waals surface area contributed by atoms with Crippen molar-refractivity contribution >= 4 is 12.4 Å². The van der Waals surface area contributed by atoms with Crippen LogP contribution in [-0.2, 0) is 0 Å². The maximum absolute atomic E-state index is 3.78. The van der Waals surface area contributed by atoms with E-state index in [4.69, 9.17) is 0 Å². The highest BCUT2D eigenvalue weighted by Gasteiger charge is 2.20. The molecule has 0 amide bonds. The lowest BCUT2D eigenvalue weighted by molar-refractivity contribution is 0.180. The molecule has 2 fully saturated rings. The molecular formula is C14H29ClN2. The Morgan fingerprint density at radius 3 is 2.29 bits per heavy atom. The molecule has 1 saturated carbocycles. The Morgan fingerprint density at radius 1 is 1.06 bits per heavy atom. The monoisotopic (exact) mass is 260 g/mol. The van der Waals surface area contributed by atoms with Crippen molar-refractivity contribution in [3.05, 3.63) is 0 Å². The van der Waals surface area contributed by atoms with Gasteiger partial charge in [-0.3, -0.25) is 0 Å². The molecule has 0 bridgehead atoms. The smallest absolute Gasteiger partial charge is 0.00671 e. The van der Waals surface area contributed by atoms with Gasteiger partial charge < -0.3 is 10.2 Å². The lowest BCUT2D eigenvalue weighted by Crippen LogP contribution is -2.39. The molecule has 17 heavy (non-hydrogen) atoms. The van der Waals surface area contributed by atoms with Crippen LogP contribution in [0.25, 0.3) is 0 Å². The molecule has 2 nitrogen and oxygen atoms in total. The van der Waals surface area contributed by atoms with Crippen LogP contribution >= 0.6 is 12.4 Å². The molecule has 1 heterocycles. The Kier molecular flexibility index (Phi) is 7.49. The first-order chi connectivity index (χ1) is 7.88. The third kappa shape index (κ3) is 5.15. The molecule has 3 heteroatoms. The summed E-state index contributed by atoms with van der Waals surface area (Å²) in [5, 5.41) is 3.78. The van der Waals surface area contributed by atoms with Crippen LogP contribution in [0.2, 0.25) is 0 Å². The third-order valence-electron chi connectivity index (χ3n) is 4.30. The van der Waals surface area contributed by atoms with Crippen molar-refractivity contribution in [2.24, 2.45) is 5.92 Å². The summed E-state index contributed by atoms with van der Waals surface area (Å²) in [6.45, 7) is 7.55. The number of hydrogen-bond donors (Lipinski definition) is 1. The van der Waals surface area contributed by atoms with Crippen molar-refractivity contribution in [3.8, 4) is 0 Å². The molecule has 1 N–H and O–H groups in total. The lowest BCUT2D eigenvalue weighted by atomic mass is 9.96. The van der Waals surface area contributed by atoms with Gasteiger partial charge in [0, 0.05) is 6.04 Å². The van der Waals surface area contributed by atoms with Gasteiger partial charge in [-0.25, -0.2) is 0 Å². The Hall–Kier alpha value is 0.210. The topological polar surface area (TPSA) is 15.3 Å². The highest BCUT2D eigenvalue weighted by molar-refractivity contribution is 5.85. The van der Waals surface area contributed by atoms with Gasteiger partial charge in [0.2, 0.25) is 0 Å². The molecule has 1 saturated heterocycles. The van der Waals surface area contributed by atoms with Crippen LogP contribution in [0.3, 0.4) is 0 Å². The fraction of sp³-hybridized carbons (Fsp3) is 1.00. The van der Waals surface area contributed by atoms with Crippen LogP contribution in [0, 0.1) is 5.92 Å². The van der Waals surface area contributed by atoms with Crippen LogP contribution in [0.1, 0.15) is 51.9 Å². The zero-order valence-corrected chi connectivity index (χ0v) is 12.1. The Labute approximate surface area is 113 Å². The quantitative estimate of drug-likeness (QED) is 0.817. The lowest BCUT2D eigenvalue weighted by Gasteiger charge is -2.32. The van der Waals surface area contributed by atoms with E-state index in [9.17, 15) is 0 Å². The van der Waals surface area contributed by atoms with Crippen molar-refractivity contribution in [2.75, 3.05) is 26.2 Å². The van der Waals surface area contributed by atoms with Crippen LogP contribution in [0.5, 0.6) is 0 Å². The van der Waals surface area contributed by atoms with Crippen molar-refractivity contribution < 1.29 is 0 Å². The van der Waals surface area contributed by atoms with Crippen LogP contribution in [0.4, 0.5) is 0 Å². The number of nitrogens with one attached hydrogen (secondary N) is 1. The van der Waals surface area contributed by atoms with E-state index in [0.717, 1.165) is 12.0 Å². The molecule has 0 radical (unpaired) electrons. The standard InChI is InChI=1S/C14H28N2.ClH/c1-2-9-16-10-7-13(8-11-16)12-15-14-5-3-4-6-14;/h13-15H,2-12H2,1H3;1H. The minimum absolute atomic E-state index is 0. The Balaban J connectivity index is 0.00000144. The molecule has 0 atom stereocenters. The molecular weight excluding hydrogens is 232 g/mol. The zero-order chi connectivity index (χ0) is 11.2. The SMILES string of the molecule is CCCN1CCC(CNC2CCCC2)CC1.Cl. The average molecular weight is 261 g/mol. The number of likely N-dealkylation sites (tertiary alicyclic amines) is 1. The second-order valence-electron chi connectivity index (χ2n) is 5.67. The van der Waals surface area contributed by atoms with Crippen molar-refractivity contribution in [3.63, 3.8) is 0 Å². The summed E-state index contributed by atoms with van der Waals surface area (Å²) in [6, 6.07) is 0.855. The molecule has 1 aliphatic heterocycles. The number of rotatable bonds is 5. The van der Waals surface area contributed by atoms with E-state index >= 15 is 0 Å².